The van der Waals surface area contributed by atoms with E-state index < -0.39 is 4.83 Å². The van der Waals surface area contributed by atoms with Crippen LogP contribution >= 0.6 is 15.9 Å². The molecule has 4 nitrogen and oxygen atoms in total. The highest BCUT2D eigenvalue weighted by atomic mass is 79.9. The fourth-order valence-corrected chi connectivity index (χ4v) is 1.91. The third-order valence-corrected chi connectivity index (χ3v) is 2.89. The molecule has 0 radical (unpaired) electrons. The highest BCUT2D eigenvalue weighted by Crippen LogP contribution is 2.22. The van der Waals surface area contributed by atoms with Gasteiger partial charge in [-0.2, -0.15) is 0 Å². The molecule has 2 rings (SSSR count). The van der Waals surface area contributed by atoms with Gasteiger partial charge in [-0.25, -0.2) is 0 Å². The standard InChI is InChI=1S/C11H8BrNO3/c12-7(6-14)5-13-10(15)8-3-1-2-4-9(8)11(13)16/h1-4,6-7H,5H2/t7-/m0/s1. The van der Waals surface area contributed by atoms with Crippen LogP contribution in [0, 0.1) is 0 Å². The molecule has 0 N–H and O–H groups in total. The molecule has 0 unspecified atom stereocenters. The first-order chi connectivity index (χ1) is 7.65. The van der Waals surface area contributed by atoms with Crippen LogP contribution in [0.5, 0.6) is 0 Å². The number of nitrogens with zero attached hydrogens (tertiary/aromatic N) is 1. The minimum absolute atomic E-state index is 0.0653. The van der Waals surface area contributed by atoms with Crippen molar-refractivity contribution >= 4 is 34.0 Å². The number of hydrogen-bond acceptors (Lipinski definition) is 3. The van der Waals surface area contributed by atoms with Gasteiger partial charge in [0, 0.05) is 6.54 Å². The van der Waals surface area contributed by atoms with E-state index in [1.54, 1.807) is 24.3 Å². The van der Waals surface area contributed by atoms with Gasteiger partial charge < -0.3 is 4.79 Å². The molecule has 1 aromatic rings. The fourth-order valence-electron chi connectivity index (χ4n) is 1.62. The van der Waals surface area contributed by atoms with E-state index in [4.69, 9.17) is 0 Å². The van der Waals surface area contributed by atoms with Crippen LogP contribution in [0.4, 0.5) is 0 Å². The van der Waals surface area contributed by atoms with Crippen molar-refractivity contribution in [1.82, 2.24) is 4.90 Å². The monoisotopic (exact) mass is 281 g/mol. The Hall–Kier alpha value is -1.49. The molecular formula is C11H8BrNO3. The van der Waals surface area contributed by atoms with Crippen LogP contribution < -0.4 is 0 Å². The van der Waals surface area contributed by atoms with Crippen LogP contribution in [0.2, 0.25) is 0 Å². The lowest BCUT2D eigenvalue weighted by Crippen LogP contribution is -2.35. The van der Waals surface area contributed by atoms with E-state index in [1.807, 2.05) is 0 Å². The number of halogens is 1. The normalized spacial score (nSPS) is 16.2. The molecule has 1 aliphatic heterocycles. The number of hydrogen-bond donors (Lipinski definition) is 0. The third-order valence-electron chi connectivity index (χ3n) is 2.38. The predicted molar refractivity (Wildman–Crippen MR) is 60.6 cm³/mol. The number of benzene rings is 1. The predicted octanol–water partition coefficient (Wildman–Crippen LogP) is 1.24. The molecule has 5 heteroatoms. The first kappa shape index (κ1) is 11.0. The summed E-state index contributed by atoms with van der Waals surface area (Å²) in [5, 5.41) is 0. The Labute approximate surface area is 100 Å². The largest absolute Gasteiger partial charge is 0.302 e. The molecule has 0 aliphatic carbocycles. The van der Waals surface area contributed by atoms with Crippen molar-refractivity contribution in [1.29, 1.82) is 0 Å². The Balaban J connectivity index is 2.31. The van der Waals surface area contributed by atoms with Gasteiger partial charge in [-0.3, -0.25) is 14.5 Å². The molecule has 82 valence electrons. The van der Waals surface area contributed by atoms with Gasteiger partial charge in [0.1, 0.15) is 6.29 Å². The van der Waals surface area contributed by atoms with Crippen LogP contribution in [-0.4, -0.2) is 34.4 Å². The zero-order chi connectivity index (χ0) is 11.7. The molecule has 1 heterocycles. The first-order valence-corrected chi connectivity index (χ1v) is 5.61. The average Bonchev–Trinajstić information content (AvgIpc) is 2.55. The van der Waals surface area contributed by atoms with Crippen molar-refractivity contribution < 1.29 is 14.4 Å². The van der Waals surface area contributed by atoms with E-state index in [0.29, 0.717) is 17.4 Å². The SMILES string of the molecule is O=C[C@@H](Br)CN1C(=O)c2ccccc2C1=O. The van der Waals surface area contributed by atoms with Gasteiger partial charge >= 0.3 is 0 Å². The zero-order valence-corrected chi connectivity index (χ0v) is 9.81. The van der Waals surface area contributed by atoms with Crippen molar-refractivity contribution in [2.45, 2.75) is 4.83 Å². The second-order valence-corrected chi connectivity index (χ2v) is 4.59. The van der Waals surface area contributed by atoms with Gasteiger partial charge in [0.05, 0.1) is 16.0 Å². The van der Waals surface area contributed by atoms with E-state index in [0.717, 1.165) is 4.90 Å². The van der Waals surface area contributed by atoms with E-state index in [9.17, 15) is 14.4 Å². The molecule has 16 heavy (non-hydrogen) atoms. The highest BCUT2D eigenvalue weighted by Gasteiger charge is 2.35. The van der Waals surface area contributed by atoms with Gasteiger partial charge in [0.15, 0.2) is 0 Å². The van der Waals surface area contributed by atoms with Gasteiger partial charge in [-0.15, -0.1) is 0 Å². The molecule has 0 saturated heterocycles. The molecule has 1 aliphatic rings. The number of amides is 2. The fraction of sp³-hybridized carbons (Fsp3) is 0.182. The van der Waals surface area contributed by atoms with Crippen LogP contribution in [0.25, 0.3) is 0 Å². The zero-order valence-electron chi connectivity index (χ0n) is 8.22. The van der Waals surface area contributed by atoms with Gasteiger partial charge in [-0.1, -0.05) is 28.1 Å². The van der Waals surface area contributed by atoms with Crippen LogP contribution in [-0.2, 0) is 4.79 Å². The molecule has 1 atom stereocenters. The lowest BCUT2D eigenvalue weighted by atomic mass is 10.1. The Morgan fingerprint density at radius 3 is 2.12 bits per heavy atom. The van der Waals surface area contributed by atoms with E-state index in [2.05, 4.69) is 15.9 Å². The highest BCUT2D eigenvalue weighted by molar-refractivity contribution is 9.10. The first-order valence-electron chi connectivity index (χ1n) is 4.69. The van der Waals surface area contributed by atoms with Gasteiger partial charge in [-0.05, 0) is 12.1 Å². The molecule has 0 bridgehead atoms. The summed E-state index contributed by atoms with van der Waals surface area (Å²) in [7, 11) is 0. The van der Waals surface area contributed by atoms with Crippen molar-refractivity contribution in [3.8, 4) is 0 Å². The van der Waals surface area contributed by atoms with Crippen LogP contribution in [0.3, 0.4) is 0 Å². The number of carbonyl (C=O) groups is 3. The second kappa shape index (κ2) is 4.17. The molecule has 2 amide bonds. The number of rotatable bonds is 3. The Kier molecular flexibility index (Phi) is 2.87. The van der Waals surface area contributed by atoms with Crippen LogP contribution in [0.15, 0.2) is 24.3 Å². The number of aldehydes is 1. The number of alkyl halides is 1. The van der Waals surface area contributed by atoms with E-state index in [1.165, 1.54) is 0 Å². The maximum atomic E-state index is 11.8. The van der Waals surface area contributed by atoms with Gasteiger partial charge in [0.2, 0.25) is 0 Å². The topological polar surface area (TPSA) is 54.5 Å². The maximum Gasteiger partial charge on any atom is 0.261 e. The van der Waals surface area contributed by atoms with Crippen molar-refractivity contribution in [3.63, 3.8) is 0 Å². The van der Waals surface area contributed by atoms with E-state index in [-0.39, 0.29) is 18.4 Å². The van der Waals surface area contributed by atoms with E-state index >= 15 is 0 Å². The summed E-state index contributed by atoms with van der Waals surface area (Å²) in [6, 6.07) is 6.64. The Morgan fingerprint density at radius 2 is 1.69 bits per heavy atom. The summed E-state index contributed by atoms with van der Waals surface area (Å²) in [4.78, 5) is 34.7. The Bertz CT molecular complexity index is 437. The smallest absolute Gasteiger partial charge is 0.261 e. The maximum absolute atomic E-state index is 11.8. The number of fused-ring (bicyclic) bond motifs is 1. The summed E-state index contributed by atoms with van der Waals surface area (Å²) in [5.74, 6) is -0.682. The second-order valence-electron chi connectivity index (χ2n) is 3.42. The number of carbonyl (C=O) groups excluding carboxylic acids is 3. The summed E-state index contributed by atoms with van der Waals surface area (Å²) in [6.07, 6.45) is 0.656. The molecule has 0 fully saturated rings. The summed E-state index contributed by atoms with van der Waals surface area (Å²) >= 11 is 3.07. The minimum atomic E-state index is -0.519. The molecule has 0 saturated carbocycles. The van der Waals surface area contributed by atoms with Crippen molar-refractivity contribution in [2.24, 2.45) is 0 Å². The quantitative estimate of drug-likeness (QED) is 0.476. The number of imide groups is 1. The molecular weight excluding hydrogens is 274 g/mol. The minimum Gasteiger partial charge on any atom is -0.302 e. The lowest BCUT2D eigenvalue weighted by molar-refractivity contribution is -0.107. The summed E-state index contributed by atoms with van der Waals surface area (Å²) in [5.41, 5.74) is 0.802. The lowest BCUT2D eigenvalue weighted by Gasteiger charge is -2.14. The average molecular weight is 282 g/mol. The summed E-state index contributed by atoms with van der Waals surface area (Å²) in [6.45, 7) is 0.0653. The molecule has 0 aromatic heterocycles. The molecule has 1 aromatic carbocycles. The van der Waals surface area contributed by atoms with Crippen LogP contribution in [0.1, 0.15) is 20.7 Å². The van der Waals surface area contributed by atoms with Gasteiger partial charge in [0.25, 0.3) is 11.8 Å². The third kappa shape index (κ3) is 1.67. The summed E-state index contributed by atoms with van der Waals surface area (Å²) < 4.78 is 0. The molecule has 0 spiro atoms. The van der Waals surface area contributed by atoms with Crippen molar-refractivity contribution in [2.75, 3.05) is 6.54 Å². The van der Waals surface area contributed by atoms with Crippen molar-refractivity contribution in [3.05, 3.63) is 35.4 Å². The Morgan fingerprint density at radius 1 is 1.19 bits per heavy atom.